The van der Waals surface area contributed by atoms with Crippen molar-refractivity contribution >= 4 is 11.7 Å². The number of hydrogen-bond donors (Lipinski definition) is 0. The highest BCUT2D eigenvalue weighted by Gasteiger charge is 2.17. The molecule has 2 aromatic rings. The fourth-order valence-electron chi connectivity index (χ4n) is 3.12. The third-order valence-electron chi connectivity index (χ3n) is 4.49. The molecule has 0 spiro atoms. The Morgan fingerprint density at radius 1 is 1.17 bits per heavy atom. The number of rotatable bonds is 6. The fraction of sp³-hybridized carbons (Fsp3) is 0.421. The molecule has 0 saturated carbocycles. The third-order valence-corrected chi connectivity index (χ3v) is 4.49. The van der Waals surface area contributed by atoms with Crippen molar-refractivity contribution < 1.29 is 14.1 Å². The van der Waals surface area contributed by atoms with Gasteiger partial charge in [0.25, 0.3) is 0 Å². The van der Waals surface area contributed by atoms with E-state index in [1.54, 1.807) is 18.0 Å². The molecule has 1 aromatic heterocycles. The molecule has 1 amide bonds. The lowest BCUT2D eigenvalue weighted by Crippen LogP contribution is -2.26. The van der Waals surface area contributed by atoms with Gasteiger partial charge < -0.3 is 9.42 Å². The summed E-state index contributed by atoms with van der Waals surface area (Å²) in [5.41, 5.74) is 4.07. The second-order valence-corrected chi connectivity index (χ2v) is 6.44. The summed E-state index contributed by atoms with van der Waals surface area (Å²) >= 11 is 0. The Kier molecular flexibility index (Phi) is 4.79. The molecule has 0 N–H and O–H groups in total. The van der Waals surface area contributed by atoms with Gasteiger partial charge in [0.15, 0.2) is 5.78 Å². The maximum absolute atomic E-state index is 12.3. The van der Waals surface area contributed by atoms with Crippen LogP contribution in [0.5, 0.6) is 0 Å². The Morgan fingerprint density at radius 3 is 2.71 bits per heavy atom. The maximum Gasteiger partial charge on any atom is 0.223 e. The van der Waals surface area contributed by atoms with E-state index in [4.69, 9.17) is 4.52 Å². The van der Waals surface area contributed by atoms with E-state index in [0.29, 0.717) is 12.2 Å². The van der Waals surface area contributed by atoms with Crippen LogP contribution in [0.1, 0.15) is 52.2 Å². The molecule has 0 fully saturated rings. The molecule has 0 radical (unpaired) electrons. The van der Waals surface area contributed by atoms with Gasteiger partial charge in [-0.1, -0.05) is 17.3 Å². The van der Waals surface area contributed by atoms with Gasteiger partial charge in [0, 0.05) is 31.5 Å². The Labute approximate surface area is 141 Å². The van der Waals surface area contributed by atoms with Gasteiger partial charge in [-0.25, -0.2) is 0 Å². The van der Waals surface area contributed by atoms with Crippen molar-refractivity contribution in [3.8, 4) is 0 Å². The van der Waals surface area contributed by atoms with E-state index in [1.807, 2.05) is 19.1 Å². The summed E-state index contributed by atoms with van der Waals surface area (Å²) in [5.74, 6) is 0.687. The molecule has 126 valence electrons. The van der Waals surface area contributed by atoms with Crippen molar-refractivity contribution in [1.29, 1.82) is 0 Å². The zero-order valence-corrected chi connectivity index (χ0v) is 14.2. The van der Waals surface area contributed by atoms with Crippen molar-refractivity contribution in [1.82, 2.24) is 10.1 Å². The summed E-state index contributed by atoms with van der Waals surface area (Å²) in [4.78, 5) is 26.1. The van der Waals surface area contributed by atoms with E-state index in [2.05, 4.69) is 11.2 Å². The number of aromatic nitrogens is 1. The molecule has 1 aliphatic rings. The molecule has 0 atom stereocenters. The lowest BCUT2D eigenvalue weighted by Gasteiger charge is -2.15. The van der Waals surface area contributed by atoms with Crippen molar-refractivity contribution in [3.63, 3.8) is 0 Å². The molecular formula is C19H22N2O3. The third kappa shape index (κ3) is 3.72. The Morgan fingerprint density at radius 2 is 1.96 bits per heavy atom. The van der Waals surface area contributed by atoms with Crippen LogP contribution in [-0.2, 0) is 24.2 Å². The van der Waals surface area contributed by atoms with Crippen LogP contribution in [0.25, 0.3) is 0 Å². The molecule has 0 unspecified atom stereocenters. The van der Waals surface area contributed by atoms with E-state index in [9.17, 15) is 9.59 Å². The van der Waals surface area contributed by atoms with Crippen LogP contribution in [-0.4, -0.2) is 28.8 Å². The summed E-state index contributed by atoms with van der Waals surface area (Å²) in [6, 6.07) is 7.74. The summed E-state index contributed by atoms with van der Waals surface area (Å²) in [6.07, 6.45) is 3.77. The first-order valence-corrected chi connectivity index (χ1v) is 8.34. The monoisotopic (exact) mass is 326 g/mol. The minimum Gasteiger partial charge on any atom is -0.361 e. The average molecular weight is 326 g/mol. The number of benzene rings is 1. The van der Waals surface area contributed by atoms with Crippen LogP contribution < -0.4 is 0 Å². The van der Waals surface area contributed by atoms with Crippen LogP contribution in [0.2, 0.25) is 0 Å². The smallest absolute Gasteiger partial charge is 0.223 e. The highest BCUT2D eigenvalue weighted by atomic mass is 16.5. The molecule has 1 aromatic carbocycles. The topological polar surface area (TPSA) is 63.4 Å². The van der Waals surface area contributed by atoms with E-state index in [-0.39, 0.29) is 24.5 Å². The second kappa shape index (κ2) is 6.99. The van der Waals surface area contributed by atoms with Crippen molar-refractivity contribution in [3.05, 3.63) is 52.4 Å². The standard InChI is InChI=1S/C19H22N2O3/c1-13-10-17(20-24-13)12-21(2)19(23)9-8-18(22)16-7-6-14-4-3-5-15(14)11-16/h6-7,10-11H,3-5,8-9,12H2,1-2H3. The zero-order chi connectivity index (χ0) is 17.1. The van der Waals surface area contributed by atoms with Crippen LogP contribution >= 0.6 is 0 Å². The summed E-state index contributed by atoms with van der Waals surface area (Å²) in [6.45, 7) is 2.21. The zero-order valence-electron chi connectivity index (χ0n) is 14.2. The first-order valence-electron chi connectivity index (χ1n) is 8.34. The molecule has 0 saturated heterocycles. The van der Waals surface area contributed by atoms with Crippen LogP contribution in [0.15, 0.2) is 28.8 Å². The number of amides is 1. The maximum atomic E-state index is 12.3. The van der Waals surface area contributed by atoms with Crippen LogP contribution in [0.3, 0.4) is 0 Å². The summed E-state index contributed by atoms with van der Waals surface area (Å²) < 4.78 is 5.00. The first kappa shape index (κ1) is 16.4. The van der Waals surface area contributed by atoms with Crippen LogP contribution in [0.4, 0.5) is 0 Å². The SMILES string of the molecule is Cc1cc(CN(C)C(=O)CCC(=O)c2ccc3c(c2)CCC3)no1. The van der Waals surface area contributed by atoms with Gasteiger partial charge in [-0.3, -0.25) is 9.59 Å². The molecule has 0 bridgehead atoms. The number of ketones is 1. The van der Waals surface area contributed by atoms with Gasteiger partial charge in [0.1, 0.15) is 11.5 Å². The molecule has 5 nitrogen and oxygen atoms in total. The minimum atomic E-state index is -0.0647. The molecule has 0 aliphatic heterocycles. The minimum absolute atomic E-state index is 0.0312. The predicted molar refractivity (Wildman–Crippen MR) is 89.7 cm³/mol. The van der Waals surface area contributed by atoms with Gasteiger partial charge in [-0.05, 0) is 43.4 Å². The van der Waals surface area contributed by atoms with Gasteiger partial charge in [-0.2, -0.15) is 0 Å². The first-order chi connectivity index (χ1) is 11.5. The Bertz CT molecular complexity index is 764. The van der Waals surface area contributed by atoms with Gasteiger partial charge in [-0.15, -0.1) is 0 Å². The fourth-order valence-corrected chi connectivity index (χ4v) is 3.12. The van der Waals surface area contributed by atoms with E-state index >= 15 is 0 Å². The Hall–Kier alpha value is -2.43. The highest BCUT2D eigenvalue weighted by molar-refractivity contribution is 5.98. The number of aryl methyl sites for hydroxylation is 3. The number of fused-ring (bicyclic) bond motifs is 1. The number of hydrogen-bond acceptors (Lipinski definition) is 4. The van der Waals surface area contributed by atoms with E-state index < -0.39 is 0 Å². The Balaban J connectivity index is 1.52. The van der Waals surface area contributed by atoms with Crippen molar-refractivity contribution in [2.24, 2.45) is 0 Å². The largest absolute Gasteiger partial charge is 0.361 e. The van der Waals surface area contributed by atoms with Crippen molar-refractivity contribution in [2.45, 2.75) is 45.6 Å². The molecule has 24 heavy (non-hydrogen) atoms. The number of Topliss-reactive ketones (excluding diaryl/α,β-unsaturated/α-hetero) is 1. The molecule has 3 rings (SSSR count). The molecule has 5 heteroatoms. The molecular weight excluding hydrogens is 304 g/mol. The van der Waals surface area contributed by atoms with Crippen molar-refractivity contribution in [2.75, 3.05) is 7.05 Å². The normalized spacial score (nSPS) is 12.9. The van der Waals surface area contributed by atoms with Crippen LogP contribution in [0, 0.1) is 6.92 Å². The molecule has 1 aliphatic carbocycles. The van der Waals surface area contributed by atoms with Gasteiger partial charge in [0.05, 0.1) is 6.54 Å². The highest BCUT2D eigenvalue weighted by Crippen LogP contribution is 2.23. The molecule has 1 heterocycles. The van der Waals surface area contributed by atoms with Gasteiger partial charge >= 0.3 is 0 Å². The average Bonchev–Trinajstić information content (AvgIpc) is 3.20. The predicted octanol–water partition coefficient (Wildman–Crippen LogP) is 3.09. The lowest BCUT2D eigenvalue weighted by molar-refractivity contribution is -0.130. The van der Waals surface area contributed by atoms with E-state index in [0.717, 1.165) is 30.6 Å². The summed E-state index contributed by atoms with van der Waals surface area (Å²) in [7, 11) is 1.71. The number of carbonyl (C=O) groups is 2. The van der Waals surface area contributed by atoms with Gasteiger partial charge in [0.2, 0.25) is 5.91 Å². The summed E-state index contributed by atoms with van der Waals surface area (Å²) in [5, 5.41) is 3.88. The number of nitrogens with zero attached hydrogens (tertiary/aromatic N) is 2. The van der Waals surface area contributed by atoms with E-state index in [1.165, 1.54) is 11.1 Å². The second-order valence-electron chi connectivity index (χ2n) is 6.44. The lowest BCUT2D eigenvalue weighted by atomic mass is 10.0. The quantitative estimate of drug-likeness (QED) is 0.765. The number of carbonyl (C=O) groups excluding carboxylic acids is 2.